The van der Waals surface area contributed by atoms with Gasteiger partial charge in [0.1, 0.15) is 11.6 Å². The van der Waals surface area contributed by atoms with Gasteiger partial charge in [0, 0.05) is 41.8 Å². The van der Waals surface area contributed by atoms with E-state index in [1.54, 1.807) is 13.2 Å². The molecule has 0 amide bonds. The quantitative estimate of drug-likeness (QED) is 0.780. The zero-order valence-electron chi connectivity index (χ0n) is 14.7. The molecular formula is C18H23Cl2N5O. The maximum atomic E-state index is 6.22. The molecule has 1 aromatic carbocycles. The normalized spacial score (nSPS) is 15.2. The molecule has 3 N–H and O–H groups in total. The molecule has 26 heavy (non-hydrogen) atoms. The number of hydrogen-bond acceptors (Lipinski definition) is 6. The van der Waals surface area contributed by atoms with Crippen LogP contribution in [0.1, 0.15) is 18.4 Å². The second-order valence-electron chi connectivity index (χ2n) is 6.34. The summed E-state index contributed by atoms with van der Waals surface area (Å²) in [6.45, 7) is 2.47. The summed E-state index contributed by atoms with van der Waals surface area (Å²) in [5.41, 5.74) is 7.02. The van der Waals surface area contributed by atoms with Crippen LogP contribution in [0.4, 0.5) is 11.6 Å². The van der Waals surface area contributed by atoms with Crippen LogP contribution in [0.15, 0.2) is 24.3 Å². The summed E-state index contributed by atoms with van der Waals surface area (Å²) in [5.74, 6) is 1.59. The molecule has 0 aliphatic carbocycles. The second kappa shape index (κ2) is 8.75. The molecule has 6 nitrogen and oxygen atoms in total. The van der Waals surface area contributed by atoms with Crippen LogP contribution in [0, 0.1) is 0 Å². The Morgan fingerprint density at radius 1 is 1.23 bits per heavy atom. The minimum Gasteiger partial charge on any atom is -0.467 e. The zero-order chi connectivity index (χ0) is 18.5. The second-order valence-corrected chi connectivity index (χ2v) is 7.18. The van der Waals surface area contributed by atoms with E-state index in [-0.39, 0.29) is 6.04 Å². The first kappa shape index (κ1) is 19.0. The molecule has 140 valence electrons. The molecule has 2 heterocycles. The Labute approximate surface area is 163 Å². The lowest BCUT2D eigenvalue weighted by Gasteiger charge is -2.31. The Bertz CT molecular complexity index is 750. The summed E-state index contributed by atoms with van der Waals surface area (Å²) in [6, 6.07) is 8.11. The van der Waals surface area contributed by atoms with Gasteiger partial charge in [0.15, 0.2) is 0 Å². The summed E-state index contributed by atoms with van der Waals surface area (Å²) in [7, 11) is 1.57. The highest BCUT2D eigenvalue weighted by Crippen LogP contribution is 2.24. The molecule has 3 rings (SSSR count). The highest BCUT2D eigenvalue weighted by atomic mass is 35.5. The number of methoxy groups -OCH3 is 1. The Morgan fingerprint density at radius 3 is 2.69 bits per heavy atom. The van der Waals surface area contributed by atoms with Gasteiger partial charge in [-0.2, -0.15) is 9.97 Å². The van der Waals surface area contributed by atoms with Crippen molar-refractivity contribution in [2.45, 2.75) is 25.3 Å². The van der Waals surface area contributed by atoms with Crippen LogP contribution in [0.25, 0.3) is 0 Å². The summed E-state index contributed by atoms with van der Waals surface area (Å²) in [5, 5.41) is 4.63. The lowest BCUT2D eigenvalue weighted by molar-refractivity contribution is 0.379. The highest BCUT2D eigenvalue weighted by Gasteiger charge is 2.19. The number of piperidine rings is 1. The van der Waals surface area contributed by atoms with E-state index in [1.165, 1.54) is 0 Å². The van der Waals surface area contributed by atoms with Crippen molar-refractivity contribution >= 4 is 34.8 Å². The fraction of sp³-hybridized carbons (Fsp3) is 0.444. The van der Waals surface area contributed by atoms with Gasteiger partial charge in [-0.25, -0.2) is 0 Å². The van der Waals surface area contributed by atoms with E-state index in [0.29, 0.717) is 22.6 Å². The van der Waals surface area contributed by atoms with Gasteiger partial charge >= 0.3 is 6.01 Å². The van der Waals surface area contributed by atoms with E-state index in [4.69, 9.17) is 33.7 Å². The molecule has 0 spiro atoms. The first-order valence-electron chi connectivity index (χ1n) is 8.66. The Kier molecular flexibility index (Phi) is 6.40. The van der Waals surface area contributed by atoms with Crippen LogP contribution in [0.2, 0.25) is 10.0 Å². The Morgan fingerprint density at radius 2 is 2.00 bits per heavy atom. The first-order chi connectivity index (χ1) is 12.5. The van der Waals surface area contributed by atoms with Gasteiger partial charge in [-0.1, -0.05) is 29.3 Å². The number of hydrogen-bond donors (Lipinski definition) is 2. The minimum absolute atomic E-state index is 0.275. The fourth-order valence-electron chi connectivity index (χ4n) is 2.93. The zero-order valence-corrected chi connectivity index (χ0v) is 16.2. The summed E-state index contributed by atoms with van der Waals surface area (Å²) in [4.78, 5) is 11.1. The summed E-state index contributed by atoms with van der Waals surface area (Å²) >= 11 is 12.2. The van der Waals surface area contributed by atoms with Crippen molar-refractivity contribution in [3.8, 4) is 6.01 Å². The molecule has 1 fully saturated rings. The number of benzene rings is 1. The predicted molar refractivity (Wildman–Crippen MR) is 107 cm³/mol. The maximum absolute atomic E-state index is 6.22. The van der Waals surface area contributed by atoms with Crippen molar-refractivity contribution < 1.29 is 4.74 Å². The monoisotopic (exact) mass is 395 g/mol. The third kappa shape index (κ3) is 4.90. The van der Waals surface area contributed by atoms with Gasteiger partial charge in [-0.05, 0) is 37.0 Å². The van der Waals surface area contributed by atoms with E-state index in [9.17, 15) is 0 Å². The molecule has 8 heteroatoms. The van der Waals surface area contributed by atoms with Crippen molar-refractivity contribution in [3.05, 3.63) is 39.9 Å². The topological polar surface area (TPSA) is 76.3 Å². The van der Waals surface area contributed by atoms with Crippen molar-refractivity contribution in [1.82, 2.24) is 9.97 Å². The minimum atomic E-state index is 0.275. The Hall–Kier alpha value is -1.76. The number of halogens is 2. The summed E-state index contributed by atoms with van der Waals surface area (Å²) < 4.78 is 5.26. The molecule has 1 saturated heterocycles. The van der Waals surface area contributed by atoms with Crippen molar-refractivity contribution in [3.63, 3.8) is 0 Å². The van der Waals surface area contributed by atoms with Gasteiger partial charge in [0.05, 0.1) is 7.11 Å². The van der Waals surface area contributed by atoms with E-state index in [2.05, 4.69) is 20.2 Å². The molecule has 0 radical (unpaired) electrons. The molecule has 1 aromatic heterocycles. The third-order valence-electron chi connectivity index (χ3n) is 4.45. The lowest BCUT2D eigenvalue weighted by atomic mass is 10.1. The number of ether oxygens (including phenoxy) is 1. The van der Waals surface area contributed by atoms with E-state index < -0.39 is 0 Å². The molecule has 0 bridgehead atoms. The molecular weight excluding hydrogens is 373 g/mol. The Balaban J connectivity index is 1.66. The first-order valence-corrected chi connectivity index (χ1v) is 9.42. The van der Waals surface area contributed by atoms with Gasteiger partial charge in [-0.15, -0.1) is 0 Å². The summed E-state index contributed by atoms with van der Waals surface area (Å²) in [6.07, 6.45) is 2.69. The van der Waals surface area contributed by atoms with Gasteiger partial charge < -0.3 is 20.7 Å². The van der Waals surface area contributed by atoms with Gasteiger partial charge in [0.25, 0.3) is 0 Å². The highest BCUT2D eigenvalue weighted by molar-refractivity contribution is 6.35. The van der Waals surface area contributed by atoms with Gasteiger partial charge in [-0.3, -0.25) is 0 Å². The van der Waals surface area contributed by atoms with Crippen LogP contribution < -0.4 is 20.7 Å². The maximum Gasteiger partial charge on any atom is 0.320 e. The lowest BCUT2D eigenvalue weighted by Crippen LogP contribution is -2.40. The number of anilines is 2. The molecule has 0 atom stereocenters. The van der Waals surface area contributed by atoms with Gasteiger partial charge in [0.2, 0.25) is 0 Å². The predicted octanol–water partition coefficient (Wildman–Crippen LogP) is 3.37. The van der Waals surface area contributed by atoms with Crippen LogP contribution in [0.3, 0.4) is 0 Å². The average molecular weight is 396 g/mol. The van der Waals surface area contributed by atoms with Crippen molar-refractivity contribution in [2.75, 3.05) is 37.0 Å². The molecule has 1 aliphatic heterocycles. The number of aromatic nitrogens is 2. The van der Waals surface area contributed by atoms with E-state index in [1.807, 2.05) is 18.2 Å². The van der Waals surface area contributed by atoms with Crippen LogP contribution in [0.5, 0.6) is 6.01 Å². The van der Waals surface area contributed by atoms with Crippen LogP contribution in [-0.2, 0) is 6.42 Å². The smallest absolute Gasteiger partial charge is 0.320 e. The van der Waals surface area contributed by atoms with Crippen LogP contribution in [-0.4, -0.2) is 42.8 Å². The van der Waals surface area contributed by atoms with E-state index >= 15 is 0 Å². The number of rotatable bonds is 6. The van der Waals surface area contributed by atoms with Crippen molar-refractivity contribution in [1.29, 1.82) is 0 Å². The van der Waals surface area contributed by atoms with Crippen LogP contribution >= 0.6 is 23.2 Å². The number of nitrogens with two attached hydrogens (primary N) is 1. The standard InChI is InChI=1S/C18H23Cl2N5O/c1-26-18-23-16(11-17(24-18)25-8-5-14(21)6-9-25)22-7-4-12-2-3-13(19)10-15(12)20/h2-3,10-11,14H,4-9,21H2,1H3,(H,22,23,24). The third-order valence-corrected chi connectivity index (χ3v) is 5.04. The van der Waals surface area contributed by atoms with Crippen molar-refractivity contribution in [2.24, 2.45) is 5.73 Å². The SMILES string of the molecule is COc1nc(NCCc2ccc(Cl)cc2Cl)cc(N2CCC(N)CC2)n1. The molecule has 1 aliphatic rings. The molecule has 2 aromatic rings. The number of nitrogens with zero attached hydrogens (tertiary/aromatic N) is 3. The fourth-order valence-corrected chi connectivity index (χ4v) is 3.44. The largest absolute Gasteiger partial charge is 0.467 e. The molecule has 0 saturated carbocycles. The average Bonchev–Trinajstić information content (AvgIpc) is 2.64. The van der Waals surface area contributed by atoms with E-state index in [0.717, 1.165) is 49.6 Å². The number of nitrogens with one attached hydrogen (secondary N) is 1. The molecule has 0 unspecified atom stereocenters.